The zero-order valence-electron chi connectivity index (χ0n) is 5.78. The lowest BCUT2D eigenvalue weighted by molar-refractivity contribution is 0.505. The summed E-state index contributed by atoms with van der Waals surface area (Å²) in [5, 5.41) is 0. The molecule has 1 heterocycles. The maximum absolute atomic E-state index is 12.5. The second-order valence-corrected chi connectivity index (χ2v) is 2.18. The van der Waals surface area contributed by atoms with Crippen LogP contribution in [0.4, 0.5) is 8.78 Å². The standard InChI is InChI=1S/C7H7F2N/c1-4-3-6(8)10-7(9)5(4)2/h3H,1-2H3. The van der Waals surface area contributed by atoms with Gasteiger partial charge < -0.3 is 0 Å². The summed E-state index contributed by atoms with van der Waals surface area (Å²) in [5.74, 6) is -1.49. The van der Waals surface area contributed by atoms with Gasteiger partial charge in [0.05, 0.1) is 0 Å². The van der Waals surface area contributed by atoms with Crippen molar-refractivity contribution in [1.29, 1.82) is 0 Å². The number of nitrogens with zero attached hydrogens (tertiary/aromatic N) is 1. The average molecular weight is 143 g/mol. The molecule has 0 N–H and O–H groups in total. The van der Waals surface area contributed by atoms with Crippen molar-refractivity contribution in [2.45, 2.75) is 13.8 Å². The summed E-state index contributed by atoms with van der Waals surface area (Å²) in [5.41, 5.74) is 0.992. The largest absolute Gasteiger partial charge is 0.218 e. The maximum atomic E-state index is 12.5. The lowest BCUT2D eigenvalue weighted by Crippen LogP contribution is -1.94. The quantitative estimate of drug-likeness (QED) is 0.506. The molecule has 0 fully saturated rings. The molecule has 0 aromatic carbocycles. The van der Waals surface area contributed by atoms with Crippen LogP contribution in [0.2, 0.25) is 0 Å². The van der Waals surface area contributed by atoms with Gasteiger partial charge in [-0.15, -0.1) is 0 Å². The monoisotopic (exact) mass is 143 g/mol. The predicted molar refractivity (Wildman–Crippen MR) is 33.6 cm³/mol. The number of aromatic nitrogens is 1. The molecule has 0 bridgehead atoms. The topological polar surface area (TPSA) is 12.9 Å². The molecule has 0 amide bonds. The lowest BCUT2D eigenvalue weighted by atomic mass is 10.2. The van der Waals surface area contributed by atoms with E-state index in [1.54, 1.807) is 13.8 Å². The van der Waals surface area contributed by atoms with E-state index >= 15 is 0 Å². The first-order valence-electron chi connectivity index (χ1n) is 2.90. The second kappa shape index (κ2) is 2.33. The van der Waals surface area contributed by atoms with E-state index < -0.39 is 11.9 Å². The zero-order valence-corrected chi connectivity index (χ0v) is 5.78. The van der Waals surface area contributed by atoms with E-state index in [0.717, 1.165) is 0 Å². The second-order valence-electron chi connectivity index (χ2n) is 2.18. The van der Waals surface area contributed by atoms with Crippen molar-refractivity contribution in [2.24, 2.45) is 0 Å². The number of aryl methyl sites for hydroxylation is 1. The van der Waals surface area contributed by atoms with Gasteiger partial charge in [0.1, 0.15) is 0 Å². The summed E-state index contributed by atoms with van der Waals surface area (Å²) in [6.07, 6.45) is 0. The summed E-state index contributed by atoms with van der Waals surface area (Å²) in [4.78, 5) is 3.00. The Balaban J connectivity index is 3.31. The van der Waals surface area contributed by atoms with Gasteiger partial charge in [0, 0.05) is 5.56 Å². The molecule has 0 aliphatic rings. The van der Waals surface area contributed by atoms with Crippen LogP contribution >= 0.6 is 0 Å². The molecule has 0 atom stereocenters. The normalized spacial score (nSPS) is 10.0. The third kappa shape index (κ3) is 1.12. The molecule has 10 heavy (non-hydrogen) atoms. The highest BCUT2D eigenvalue weighted by Crippen LogP contribution is 2.09. The predicted octanol–water partition coefficient (Wildman–Crippen LogP) is 1.98. The van der Waals surface area contributed by atoms with Crippen molar-refractivity contribution >= 4 is 0 Å². The number of halogens is 2. The van der Waals surface area contributed by atoms with Crippen LogP contribution in [0.25, 0.3) is 0 Å². The maximum Gasteiger partial charge on any atom is 0.218 e. The molecular weight excluding hydrogens is 136 g/mol. The number of rotatable bonds is 0. The summed E-state index contributed by atoms with van der Waals surface area (Å²) in [6, 6.07) is 1.21. The molecule has 1 nitrogen and oxygen atoms in total. The first-order chi connectivity index (χ1) is 4.61. The fourth-order valence-electron chi connectivity index (χ4n) is 0.660. The van der Waals surface area contributed by atoms with E-state index in [1.165, 1.54) is 6.07 Å². The van der Waals surface area contributed by atoms with Crippen LogP contribution in [0.1, 0.15) is 11.1 Å². The first kappa shape index (κ1) is 7.12. The van der Waals surface area contributed by atoms with Gasteiger partial charge in [0.2, 0.25) is 11.9 Å². The molecule has 0 spiro atoms. The highest BCUT2D eigenvalue weighted by Gasteiger charge is 2.03. The highest BCUT2D eigenvalue weighted by molar-refractivity contribution is 5.21. The number of hydrogen-bond acceptors (Lipinski definition) is 1. The van der Waals surface area contributed by atoms with Gasteiger partial charge in [0.15, 0.2) is 0 Å². The zero-order chi connectivity index (χ0) is 7.72. The van der Waals surface area contributed by atoms with Crippen LogP contribution in [-0.4, -0.2) is 4.98 Å². The fraction of sp³-hybridized carbons (Fsp3) is 0.286. The van der Waals surface area contributed by atoms with Crippen molar-refractivity contribution in [1.82, 2.24) is 4.98 Å². The third-order valence-electron chi connectivity index (χ3n) is 1.44. The van der Waals surface area contributed by atoms with Crippen LogP contribution in [0.15, 0.2) is 6.07 Å². The molecule has 0 radical (unpaired) electrons. The van der Waals surface area contributed by atoms with Crippen LogP contribution in [0, 0.1) is 25.7 Å². The lowest BCUT2D eigenvalue weighted by Gasteiger charge is -1.98. The van der Waals surface area contributed by atoms with Gasteiger partial charge in [-0.05, 0) is 25.5 Å². The molecule has 0 saturated heterocycles. The Kier molecular flexibility index (Phi) is 1.66. The SMILES string of the molecule is Cc1cc(F)nc(F)c1C. The van der Waals surface area contributed by atoms with E-state index in [9.17, 15) is 8.78 Å². The molecular formula is C7H7F2N. The van der Waals surface area contributed by atoms with Crippen LogP contribution < -0.4 is 0 Å². The molecule has 0 aliphatic carbocycles. The van der Waals surface area contributed by atoms with E-state index in [-0.39, 0.29) is 0 Å². The Bertz CT molecular complexity index is 235. The van der Waals surface area contributed by atoms with E-state index in [4.69, 9.17) is 0 Å². The number of pyridine rings is 1. The molecule has 1 aromatic heterocycles. The van der Waals surface area contributed by atoms with Crippen LogP contribution in [0.3, 0.4) is 0 Å². The smallest absolute Gasteiger partial charge is 0.190 e. The molecule has 1 rings (SSSR count). The molecule has 0 saturated carbocycles. The van der Waals surface area contributed by atoms with E-state index in [0.29, 0.717) is 11.1 Å². The van der Waals surface area contributed by atoms with Crippen molar-refractivity contribution in [3.05, 3.63) is 29.1 Å². The van der Waals surface area contributed by atoms with Gasteiger partial charge in [-0.3, -0.25) is 0 Å². The van der Waals surface area contributed by atoms with Crippen molar-refractivity contribution in [3.8, 4) is 0 Å². The van der Waals surface area contributed by atoms with E-state index in [2.05, 4.69) is 4.98 Å². The molecule has 1 aromatic rings. The minimum Gasteiger partial charge on any atom is -0.190 e. The number of hydrogen-bond donors (Lipinski definition) is 0. The minimum absolute atomic E-state index is 0.404. The van der Waals surface area contributed by atoms with Crippen molar-refractivity contribution in [2.75, 3.05) is 0 Å². The summed E-state index contributed by atoms with van der Waals surface area (Å²) in [7, 11) is 0. The van der Waals surface area contributed by atoms with Crippen LogP contribution in [0.5, 0.6) is 0 Å². The minimum atomic E-state index is -0.763. The van der Waals surface area contributed by atoms with E-state index in [1.807, 2.05) is 0 Å². The summed E-state index contributed by atoms with van der Waals surface area (Å²) >= 11 is 0. The molecule has 54 valence electrons. The molecule has 0 aliphatic heterocycles. The van der Waals surface area contributed by atoms with Crippen LogP contribution in [-0.2, 0) is 0 Å². The summed E-state index contributed by atoms with van der Waals surface area (Å²) in [6.45, 7) is 3.21. The Morgan fingerprint density at radius 1 is 1.30 bits per heavy atom. The molecule has 0 unspecified atom stereocenters. The molecule has 3 heteroatoms. The Labute approximate surface area is 57.7 Å². The first-order valence-corrected chi connectivity index (χ1v) is 2.90. The van der Waals surface area contributed by atoms with Gasteiger partial charge in [-0.25, -0.2) is 0 Å². The Morgan fingerprint density at radius 2 is 1.90 bits per heavy atom. The average Bonchev–Trinajstić information content (AvgIpc) is 1.82. The Morgan fingerprint density at radius 3 is 2.40 bits per heavy atom. The Hall–Kier alpha value is -0.990. The van der Waals surface area contributed by atoms with Gasteiger partial charge >= 0.3 is 0 Å². The van der Waals surface area contributed by atoms with Crippen molar-refractivity contribution < 1.29 is 8.78 Å². The fourth-order valence-corrected chi connectivity index (χ4v) is 0.660. The highest BCUT2D eigenvalue weighted by atomic mass is 19.1. The summed E-state index contributed by atoms with van der Waals surface area (Å²) < 4.78 is 24.7. The van der Waals surface area contributed by atoms with Gasteiger partial charge in [-0.2, -0.15) is 13.8 Å². The van der Waals surface area contributed by atoms with Gasteiger partial charge in [0.25, 0.3) is 0 Å². The van der Waals surface area contributed by atoms with Gasteiger partial charge in [-0.1, -0.05) is 0 Å². The third-order valence-corrected chi connectivity index (χ3v) is 1.44. The van der Waals surface area contributed by atoms with Crippen molar-refractivity contribution in [3.63, 3.8) is 0 Å².